The number of ether oxygens (including phenoxy) is 1. The lowest BCUT2D eigenvalue weighted by Gasteiger charge is -2.32. The number of nitrogens with one attached hydrogen (secondary N) is 1. The number of anilines is 1. The molecular weight excluding hydrogens is 330 g/mol. The molecule has 0 aliphatic carbocycles. The second-order valence-corrected chi connectivity index (χ2v) is 6.88. The summed E-state index contributed by atoms with van der Waals surface area (Å²) in [5.41, 5.74) is 2.13. The van der Waals surface area contributed by atoms with Gasteiger partial charge in [-0.25, -0.2) is 0 Å². The van der Waals surface area contributed by atoms with Crippen molar-refractivity contribution in [1.29, 1.82) is 0 Å². The molecule has 1 N–H and O–H groups in total. The molecule has 1 heterocycles. The van der Waals surface area contributed by atoms with E-state index in [0.29, 0.717) is 5.92 Å². The molecule has 0 amide bonds. The zero-order valence-corrected chi connectivity index (χ0v) is 16.2. The molecule has 2 aromatic rings. The van der Waals surface area contributed by atoms with Crippen molar-refractivity contribution in [2.75, 3.05) is 19.0 Å². The van der Waals surface area contributed by atoms with E-state index in [9.17, 15) is 0 Å². The molecule has 0 fully saturated rings. The minimum atomic E-state index is 0.173. The van der Waals surface area contributed by atoms with Gasteiger partial charge in [0.2, 0.25) is 0 Å². The summed E-state index contributed by atoms with van der Waals surface area (Å²) in [4.78, 5) is 6.35. The van der Waals surface area contributed by atoms with Gasteiger partial charge in [-0.15, -0.1) is 0 Å². The standard InChI is InChI=1S/C20H27N3OS/c1-15(2)10-13-23(16(3)17-8-11-21-12-9-17)20(25)22-18-6-5-7-19(14-18)24-4/h5-9,11-12,14-16H,10,13H2,1-4H3,(H,22,25)/t16-/m1/s1. The van der Waals surface area contributed by atoms with E-state index in [1.165, 1.54) is 5.56 Å². The normalized spacial score (nSPS) is 11.9. The van der Waals surface area contributed by atoms with Gasteiger partial charge in [-0.3, -0.25) is 4.98 Å². The van der Waals surface area contributed by atoms with Gasteiger partial charge < -0.3 is 15.0 Å². The zero-order valence-electron chi connectivity index (χ0n) is 15.4. The van der Waals surface area contributed by atoms with Crippen LogP contribution in [0.1, 0.15) is 38.8 Å². The van der Waals surface area contributed by atoms with Crippen LogP contribution in [0.2, 0.25) is 0 Å². The van der Waals surface area contributed by atoms with Crippen LogP contribution in [-0.4, -0.2) is 28.7 Å². The Bertz CT molecular complexity index is 676. The van der Waals surface area contributed by atoms with Crippen molar-refractivity contribution in [3.63, 3.8) is 0 Å². The van der Waals surface area contributed by atoms with Gasteiger partial charge in [-0.1, -0.05) is 19.9 Å². The second-order valence-electron chi connectivity index (χ2n) is 6.49. The maximum Gasteiger partial charge on any atom is 0.173 e. The molecule has 1 aromatic carbocycles. The summed E-state index contributed by atoms with van der Waals surface area (Å²) in [5.74, 6) is 1.43. The number of nitrogens with zero attached hydrogens (tertiary/aromatic N) is 2. The topological polar surface area (TPSA) is 37.4 Å². The lowest BCUT2D eigenvalue weighted by atomic mass is 10.1. The molecule has 0 saturated carbocycles. The van der Waals surface area contributed by atoms with E-state index in [4.69, 9.17) is 17.0 Å². The highest BCUT2D eigenvalue weighted by molar-refractivity contribution is 7.80. The molecular formula is C20H27N3OS. The first-order valence-corrected chi connectivity index (χ1v) is 9.03. The number of hydrogen-bond donors (Lipinski definition) is 1. The average Bonchev–Trinajstić information content (AvgIpc) is 2.62. The van der Waals surface area contributed by atoms with Crippen molar-refractivity contribution in [3.05, 3.63) is 54.4 Å². The Morgan fingerprint density at radius 2 is 1.92 bits per heavy atom. The fourth-order valence-electron chi connectivity index (χ4n) is 2.59. The van der Waals surface area contributed by atoms with E-state index in [1.54, 1.807) is 7.11 Å². The number of thiocarbonyl (C=S) groups is 1. The summed E-state index contributed by atoms with van der Waals surface area (Å²) in [6.45, 7) is 7.54. The molecule has 134 valence electrons. The third-order valence-corrected chi connectivity index (χ3v) is 4.52. The van der Waals surface area contributed by atoms with Crippen LogP contribution >= 0.6 is 12.2 Å². The first-order chi connectivity index (χ1) is 12.0. The molecule has 25 heavy (non-hydrogen) atoms. The van der Waals surface area contributed by atoms with Crippen molar-refractivity contribution in [2.24, 2.45) is 5.92 Å². The number of pyridine rings is 1. The van der Waals surface area contributed by atoms with Gasteiger partial charge in [0.05, 0.1) is 13.2 Å². The van der Waals surface area contributed by atoms with E-state index in [0.717, 1.165) is 29.5 Å². The van der Waals surface area contributed by atoms with Crippen LogP contribution in [0.25, 0.3) is 0 Å². The molecule has 0 radical (unpaired) electrons. The summed E-state index contributed by atoms with van der Waals surface area (Å²) in [7, 11) is 1.66. The Labute approximate surface area is 156 Å². The number of aromatic nitrogens is 1. The van der Waals surface area contributed by atoms with Gasteiger partial charge in [0, 0.05) is 30.7 Å². The summed E-state index contributed by atoms with van der Waals surface area (Å²) in [6.07, 6.45) is 4.73. The lowest BCUT2D eigenvalue weighted by molar-refractivity contribution is 0.318. The largest absolute Gasteiger partial charge is 0.497 e. The van der Waals surface area contributed by atoms with Gasteiger partial charge in [0.15, 0.2) is 5.11 Å². The van der Waals surface area contributed by atoms with Gasteiger partial charge in [-0.05, 0) is 61.3 Å². The predicted octanol–water partition coefficient (Wildman–Crippen LogP) is 4.90. The molecule has 2 rings (SSSR count). The Hall–Kier alpha value is -2.14. The highest BCUT2D eigenvalue weighted by Crippen LogP contribution is 2.23. The second kappa shape index (κ2) is 9.37. The Balaban J connectivity index is 2.17. The first kappa shape index (κ1) is 19.2. The van der Waals surface area contributed by atoms with Gasteiger partial charge in [0.25, 0.3) is 0 Å². The van der Waals surface area contributed by atoms with Crippen LogP contribution in [0.15, 0.2) is 48.8 Å². The summed E-state index contributed by atoms with van der Waals surface area (Å²) >= 11 is 5.72. The highest BCUT2D eigenvalue weighted by atomic mass is 32.1. The minimum absolute atomic E-state index is 0.173. The minimum Gasteiger partial charge on any atom is -0.497 e. The molecule has 0 aliphatic rings. The molecule has 0 bridgehead atoms. The van der Waals surface area contributed by atoms with Gasteiger partial charge >= 0.3 is 0 Å². The zero-order chi connectivity index (χ0) is 18.2. The summed E-state index contributed by atoms with van der Waals surface area (Å²) in [6, 6.07) is 12.1. The number of methoxy groups -OCH3 is 1. The molecule has 1 aromatic heterocycles. The van der Waals surface area contributed by atoms with Crippen LogP contribution in [0.4, 0.5) is 5.69 Å². The van der Waals surface area contributed by atoms with Crippen molar-refractivity contribution in [1.82, 2.24) is 9.88 Å². The SMILES string of the molecule is COc1cccc(NC(=S)N(CCC(C)C)[C@H](C)c2ccncc2)c1. The predicted molar refractivity (Wildman–Crippen MR) is 108 cm³/mol. The summed E-state index contributed by atoms with van der Waals surface area (Å²) in [5, 5.41) is 4.07. The van der Waals surface area contributed by atoms with E-state index in [2.05, 4.69) is 36.0 Å². The fraction of sp³-hybridized carbons (Fsp3) is 0.400. The van der Waals surface area contributed by atoms with Crippen LogP contribution in [0.5, 0.6) is 5.75 Å². The maximum atomic E-state index is 5.72. The summed E-state index contributed by atoms with van der Waals surface area (Å²) < 4.78 is 5.29. The molecule has 4 nitrogen and oxygen atoms in total. The molecule has 0 saturated heterocycles. The van der Waals surface area contributed by atoms with E-state index < -0.39 is 0 Å². The molecule has 0 spiro atoms. The molecule has 1 atom stereocenters. The first-order valence-electron chi connectivity index (χ1n) is 8.63. The van der Waals surface area contributed by atoms with Crippen molar-refractivity contribution < 1.29 is 4.74 Å². The molecule has 5 heteroatoms. The quantitative estimate of drug-likeness (QED) is 0.714. The van der Waals surface area contributed by atoms with Crippen LogP contribution in [-0.2, 0) is 0 Å². The van der Waals surface area contributed by atoms with Gasteiger partial charge in [-0.2, -0.15) is 0 Å². The molecule has 0 unspecified atom stereocenters. The maximum absolute atomic E-state index is 5.72. The third-order valence-electron chi connectivity index (χ3n) is 4.19. The highest BCUT2D eigenvalue weighted by Gasteiger charge is 2.19. The fourth-order valence-corrected chi connectivity index (χ4v) is 2.95. The average molecular weight is 358 g/mol. The Morgan fingerprint density at radius 1 is 1.20 bits per heavy atom. The Morgan fingerprint density at radius 3 is 2.56 bits per heavy atom. The Kier molecular flexibility index (Phi) is 7.19. The van der Waals surface area contributed by atoms with Gasteiger partial charge in [0.1, 0.15) is 5.75 Å². The monoisotopic (exact) mass is 357 g/mol. The van der Waals surface area contributed by atoms with Crippen molar-refractivity contribution in [3.8, 4) is 5.75 Å². The van der Waals surface area contributed by atoms with E-state index in [1.807, 2.05) is 48.8 Å². The third kappa shape index (κ3) is 5.71. The smallest absolute Gasteiger partial charge is 0.173 e. The lowest BCUT2D eigenvalue weighted by Crippen LogP contribution is -2.38. The van der Waals surface area contributed by atoms with Crippen LogP contribution < -0.4 is 10.1 Å². The van der Waals surface area contributed by atoms with E-state index in [-0.39, 0.29) is 6.04 Å². The number of rotatable bonds is 7. The number of hydrogen-bond acceptors (Lipinski definition) is 3. The number of benzene rings is 1. The molecule has 0 aliphatic heterocycles. The van der Waals surface area contributed by atoms with Crippen molar-refractivity contribution >= 4 is 23.0 Å². The van der Waals surface area contributed by atoms with Crippen LogP contribution in [0, 0.1) is 5.92 Å². The van der Waals surface area contributed by atoms with E-state index >= 15 is 0 Å². The van der Waals surface area contributed by atoms with Crippen molar-refractivity contribution in [2.45, 2.75) is 33.2 Å². The van der Waals surface area contributed by atoms with Crippen LogP contribution in [0.3, 0.4) is 0 Å².